The molecule has 0 unspecified atom stereocenters. The Bertz CT molecular complexity index is 587. The summed E-state index contributed by atoms with van der Waals surface area (Å²) in [7, 11) is 0. The Labute approximate surface area is 97.6 Å². The first-order chi connectivity index (χ1) is 8.16. The molecule has 2 N–H and O–H groups in total. The molecular formula is C13H11NO3. The largest absolute Gasteiger partial charge is 0.481 e. The van der Waals surface area contributed by atoms with E-state index in [1.807, 2.05) is 30.3 Å². The summed E-state index contributed by atoms with van der Waals surface area (Å²) in [6, 6.07) is 10.6. The fourth-order valence-corrected chi connectivity index (χ4v) is 1.62. The van der Waals surface area contributed by atoms with E-state index in [1.54, 1.807) is 6.20 Å². The van der Waals surface area contributed by atoms with Crippen molar-refractivity contribution in [2.45, 2.75) is 6.42 Å². The maximum Gasteiger partial charge on any atom is 0.309 e. The zero-order valence-electron chi connectivity index (χ0n) is 9.01. The quantitative estimate of drug-likeness (QED) is 0.841. The van der Waals surface area contributed by atoms with Crippen LogP contribution in [0.25, 0.3) is 11.1 Å². The maximum atomic E-state index is 11.8. The highest BCUT2D eigenvalue weighted by Crippen LogP contribution is 2.13. The van der Waals surface area contributed by atoms with E-state index in [0.717, 1.165) is 5.56 Å². The lowest BCUT2D eigenvalue weighted by Gasteiger charge is -2.02. The van der Waals surface area contributed by atoms with Crippen LogP contribution < -0.4 is 5.43 Å². The third-order valence-electron chi connectivity index (χ3n) is 2.40. The van der Waals surface area contributed by atoms with Crippen LogP contribution in [0.15, 0.2) is 47.4 Å². The fraction of sp³-hybridized carbons (Fsp3) is 0.0769. The van der Waals surface area contributed by atoms with Gasteiger partial charge in [-0.05, 0) is 5.56 Å². The number of aromatic nitrogens is 1. The smallest absolute Gasteiger partial charge is 0.309 e. The van der Waals surface area contributed by atoms with Crippen molar-refractivity contribution in [2.24, 2.45) is 0 Å². The van der Waals surface area contributed by atoms with Crippen LogP contribution in [0.1, 0.15) is 5.69 Å². The maximum absolute atomic E-state index is 11.8. The van der Waals surface area contributed by atoms with Crippen LogP contribution in [0, 0.1) is 0 Å². The van der Waals surface area contributed by atoms with Crippen molar-refractivity contribution in [1.82, 2.24) is 4.98 Å². The van der Waals surface area contributed by atoms with Gasteiger partial charge in [-0.1, -0.05) is 30.3 Å². The Balaban J connectivity index is 2.39. The molecule has 17 heavy (non-hydrogen) atoms. The lowest BCUT2D eigenvalue weighted by atomic mass is 10.1. The number of nitrogens with one attached hydrogen (secondary N) is 1. The number of carboxylic acid groups (broad SMARTS) is 1. The number of benzene rings is 1. The average Bonchev–Trinajstić information content (AvgIpc) is 2.29. The van der Waals surface area contributed by atoms with Gasteiger partial charge in [0, 0.05) is 23.5 Å². The van der Waals surface area contributed by atoms with E-state index in [2.05, 4.69) is 4.98 Å². The molecule has 0 aliphatic heterocycles. The number of hydrogen-bond acceptors (Lipinski definition) is 2. The van der Waals surface area contributed by atoms with Gasteiger partial charge >= 0.3 is 5.97 Å². The van der Waals surface area contributed by atoms with E-state index in [-0.39, 0.29) is 11.8 Å². The van der Waals surface area contributed by atoms with Gasteiger partial charge in [0.15, 0.2) is 5.43 Å². The highest BCUT2D eigenvalue weighted by atomic mass is 16.4. The van der Waals surface area contributed by atoms with Gasteiger partial charge in [-0.15, -0.1) is 0 Å². The topological polar surface area (TPSA) is 70.2 Å². The summed E-state index contributed by atoms with van der Waals surface area (Å²) in [5, 5.41) is 8.62. The van der Waals surface area contributed by atoms with Gasteiger partial charge in [0.05, 0.1) is 6.42 Å². The number of aliphatic carboxylic acids is 1. The molecule has 0 aliphatic carbocycles. The second kappa shape index (κ2) is 4.65. The van der Waals surface area contributed by atoms with Crippen molar-refractivity contribution >= 4 is 5.97 Å². The number of rotatable bonds is 3. The van der Waals surface area contributed by atoms with Crippen LogP contribution >= 0.6 is 0 Å². The normalized spacial score (nSPS) is 10.1. The molecular weight excluding hydrogens is 218 g/mol. The Morgan fingerprint density at radius 1 is 1.24 bits per heavy atom. The SMILES string of the molecule is O=C(O)Cc1cc(=O)c(-c2ccccc2)c[nH]1. The molecule has 2 aromatic rings. The number of hydrogen-bond donors (Lipinski definition) is 2. The second-order valence-electron chi connectivity index (χ2n) is 3.67. The van der Waals surface area contributed by atoms with Crippen molar-refractivity contribution in [1.29, 1.82) is 0 Å². The van der Waals surface area contributed by atoms with E-state index in [1.165, 1.54) is 6.07 Å². The van der Waals surface area contributed by atoms with E-state index in [0.29, 0.717) is 11.3 Å². The highest BCUT2D eigenvalue weighted by molar-refractivity contribution is 5.70. The molecule has 0 atom stereocenters. The standard InChI is InChI=1S/C13H11NO3/c15-12-6-10(7-13(16)17)14-8-11(12)9-4-2-1-3-5-9/h1-6,8H,7H2,(H,14,15)(H,16,17). The second-order valence-corrected chi connectivity index (χ2v) is 3.67. The van der Waals surface area contributed by atoms with Gasteiger partial charge in [0.25, 0.3) is 0 Å². The molecule has 2 rings (SSSR count). The first-order valence-electron chi connectivity index (χ1n) is 5.15. The molecule has 0 spiro atoms. The monoisotopic (exact) mass is 229 g/mol. The number of pyridine rings is 1. The molecule has 4 heteroatoms. The number of carboxylic acids is 1. The lowest BCUT2D eigenvalue weighted by Crippen LogP contribution is -2.10. The minimum atomic E-state index is -0.965. The van der Waals surface area contributed by atoms with Gasteiger partial charge < -0.3 is 10.1 Å². The Hall–Kier alpha value is -2.36. The molecule has 1 aromatic heterocycles. The van der Waals surface area contributed by atoms with Gasteiger partial charge in [0.2, 0.25) is 0 Å². The molecule has 0 radical (unpaired) electrons. The molecule has 0 fully saturated rings. The number of H-pyrrole nitrogens is 1. The lowest BCUT2D eigenvalue weighted by molar-refractivity contribution is -0.136. The van der Waals surface area contributed by atoms with Gasteiger partial charge in [-0.3, -0.25) is 9.59 Å². The van der Waals surface area contributed by atoms with Crippen LogP contribution in [0.5, 0.6) is 0 Å². The molecule has 1 aromatic carbocycles. The first kappa shape index (κ1) is 11.1. The van der Waals surface area contributed by atoms with Gasteiger partial charge in [-0.2, -0.15) is 0 Å². The number of aromatic amines is 1. The molecule has 0 aliphatic rings. The summed E-state index contributed by atoms with van der Waals surface area (Å²) in [6.45, 7) is 0. The van der Waals surface area contributed by atoms with E-state index in [9.17, 15) is 9.59 Å². The molecule has 86 valence electrons. The van der Waals surface area contributed by atoms with Crippen molar-refractivity contribution in [3.8, 4) is 11.1 Å². The fourth-order valence-electron chi connectivity index (χ4n) is 1.62. The van der Waals surface area contributed by atoms with Gasteiger partial charge in [0.1, 0.15) is 0 Å². The van der Waals surface area contributed by atoms with E-state index < -0.39 is 5.97 Å². The summed E-state index contributed by atoms with van der Waals surface area (Å²) in [6.07, 6.45) is 1.38. The van der Waals surface area contributed by atoms with Crippen molar-refractivity contribution in [3.63, 3.8) is 0 Å². The third-order valence-corrected chi connectivity index (χ3v) is 2.40. The molecule has 0 amide bonds. The third kappa shape index (κ3) is 2.60. The average molecular weight is 229 g/mol. The summed E-state index contributed by atoms with van der Waals surface area (Å²) < 4.78 is 0. The summed E-state index contributed by atoms with van der Waals surface area (Å²) >= 11 is 0. The van der Waals surface area contributed by atoms with Crippen LogP contribution in [0.2, 0.25) is 0 Å². The number of carbonyl (C=O) groups is 1. The zero-order valence-corrected chi connectivity index (χ0v) is 9.01. The molecule has 0 saturated carbocycles. The predicted octanol–water partition coefficient (Wildman–Crippen LogP) is 1.67. The summed E-state index contributed by atoms with van der Waals surface area (Å²) in [5.74, 6) is -0.965. The van der Waals surface area contributed by atoms with Crippen molar-refractivity contribution in [2.75, 3.05) is 0 Å². The van der Waals surface area contributed by atoms with Crippen LogP contribution in [-0.2, 0) is 11.2 Å². The summed E-state index contributed by atoms with van der Waals surface area (Å²) in [5.41, 5.74) is 1.59. The Kier molecular flexibility index (Phi) is 3.05. The predicted molar refractivity (Wildman–Crippen MR) is 63.8 cm³/mol. The van der Waals surface area contributed by atoms with Crippen LogP contribution in [0.4, 0.5) is 0 Å². The molecule has 1 heterocycles. The Morgan fingerprint density at radius 3 is 2.53 bits per heavy atom. The van der Waals surface area contributed by atoms with E-state index >= 15 is 0 Å². The van der Waals surface area contributed by atoms with Crippen LogP contribution in [0.3, 0.4) is 0 Å². The van der Waals surface area contributed by atoms with Crippen molar-refractivity contribution in [3.05, 3.63) is 58.5 Å². The minimum Gasteiger partial charge on any atom is -0.481 e. The Morgan fingerprint density at radius 2 is 1.94 bits per heavy atom. The molecule has 4 nitrogen and oxygen atoms in total. The van der Waals surface area contributed by atoms with Crippen molar-refractivity contribution < 1.29 is 9.90 Å². The van der Waals surface area contributed by atoms with Crippen LogP contribution in [-0.4, -0.2) is 16.1 Å². The van der Waals surface area contributed by atoms with E-state index in [4.69, 9.17) is 5.11 Å². The highest BCUT2D eigenvalue weighted by Gasteiger charge is 2.06. The first-order valence-corrected chi connectivity index (χ1v) is 5.15. The molecule has 0 bridgehead atoms. The zero-order chi connectivity index (χ0) is 12.3. The molecule has 0 saturated heterocycles. The van der Waals surface area contributed by atoms with Gasteiger partial charge in [-0.25, -0.2) is 0 Å². The minimum absolute atomic E-state index is 0.175. The summed E-state index contributed by atoms with van der Waals surface area (Å²) in [4.78, 5) is 25.1.